The molecule has 1 aromatic rings. The van der Waals surface area contributed by atoms with Gasteiger partial charge in [0.2, 0.25) is 5.91 Å². The van der Waals surface area contributed by atoms with Crippen molar-refractivity contribution in [1.82, 2.24) is 0 Å². The predicted molar refractivity (Wildman–Crippen MR) is 59.6 cm³/mol. The minimum Gasteiger partial charge on any atom is -0.392 e. The van der Waals surface area contributed by atoms with E-state index in [2.05, 4.69) is 15.3 Å². The van der Waals surface area contributed by atoms with E-state index in [1.807, 2.05) is 0 Å². The van der Waals surface area contributed by atoms with Gasteiger partial charge in [0.25, 0.3) is 0 Å². The Morgan fingerprint density at radius 1 is 1.71 bits per heavy atom. The van der Waals surface area contributed by atoms with Crippen molar-refractivity contribution in [2.75, 3.05) is 5.32 Å². The Kier molecular flexibility index (Phi) is 4.45. The average molecular weight is 238 g/mol. The molecular weight excluding hydrogens is 227 g/mol. The highest BCUT2D eigenvalue weighted by Gasteiger charge is 2.13. The van der Waals surface area contributed by atoms with Gasteiger partial charge in [0.15, 0.2) is 0 Å². The molecule has 0 fully saturated rings. The quantitative estimate of drug-likeness (QED) is 0.476. The highest BCUT2D eigenvalue weighted by Crippen LogP contribution is 2.16. The van der Waals surface area contributed by atoms with Crippen LogP contribution in [0.15, 0.2) is 23.3 Å². The highest BCUT2D eigenvalue weighted by molar-refractivity contribution is 5.94. The van der Waals surface area contributed by atoms with Crippen molar-refractivity contribution in [2.45, 2.75) is 19.6 Å². The smallest absolute Gasteiger partial charge is 0.233 e. The van der Waals surface area contributed by atoms with Gasteiger partial charge in [-0.1, -0.05) is 11.2 Å². The van der Waals surface area contributed by atoms with Gasteiger partial charge in [0.05, 0.1) is 12.3 Å². The molecule has 0 heterocycles. The number of amides is 1. The summed E-state index contributed by atoms with van der Waals surface area (Å²) >= 11 is 0. The topological polar surface area (TPSA) is 98.1 Å². The van der Waals surface area contributed by atoms with Crippen LogP contribution in [-0.2, 0) is 11.4 Å². The number of nitrogens with one attached hydrogen (secondary N) is 1. The molecular formula is C10H11FN4O2. The second-order valence-corrected chi connectivity index (χ2v) is 3.34. The maximum Gasteiger partial charge on any atom is 0.233 e. The molecule has 17 heavy (non-hydrogen) atoms. The van der Waals surface area contributed by atoms with E-state index in [9.17, 15) is 9.18 Å². The van der Waals surface area contributed by atoms with Gasteiger partial charge >= 0.3 is 0 Å². The van der Waals surface area contributed by atoms with Crippen LogP contribution in [0.4, 0.5) is 10.1 Å². The lowest BCUT2D eigenvalue weighted by Gasteiger charge is -2.09. The molecule has 0 aliphatic heterocycles. The first-order chi connectivity index (χ1) is 8.08. The summed E-state index contributed by atoms with van der Waals surface area (Å²) in [7, 11) is 0. The fraction of sp³-hybridized carbons (Fsp3) is 0.300. The summed E-state index contributed by atoms with van der Waals surface area (Å²) in [5.74, 6) is -1.25. The summed E-state index contributed by atoms with van der Waals surface area (Å²) in [4.78, 5) is 13.9. The van der Waals surface area contributed by atoms with Crippen LogP contribution in [0, 0.1) is 5.82 Å². The first-order valence-corrected chi connectivity index (χ1v) is 4.83. The second kappa shape index (κ2) is 5.83. The van der Waals surface area contributed by atoms with Crippen molar-refractivity contribution in [1.29, 1.82) is 0 Å². The predicted octanol–water partition coefficient (Wildman–Crippen LogP) is 1.96. The number of hydrogen-bond donors (Lipinski definition) is 2. The van der Waals surface area contributed by atoms with E-state index in [0.717, 1.165) is 6.07 Å². The minimum atomic E-state index is -0.920. The number of aliphatic hydroxyl groups excluding tert-OH is 1. The van der Waals surface area contributed by atoms with E-state index in [0.29, 0.717) is 5.56 Å². The van der Waals surface area contributed by atoms with Crippen LogP contribution >= 0.6 is 0 Å². The van der Waals surface area contributed by atoms with Crippen molar-refractivity contribution >= 4 is 11.6 Å². The Balaban J connectivity index is 2.81. The van der Waals surface area contributed by atoms with Crippen LogP contribution < -0.4 is 5.32 Å². The lowest BCUT2D eigenvalue weighted by Crippen LogP contribution is -2.23. The Labute approximate surface area is 96.7 Å². The third-order valence-corrected chi connectivity index (χ3v) is 2.08. The minimum absolute atomic E-state index is 0.0211. The van der Waals surface area contributed by atoms with Crippen molar-refractivity contribution in [3.8, 4) is 0 Å². The van der Waals surface area contributed by atoms with Crippen LogP contribution in [0.3, 0.4) is 0 Å². The summed E-state index contributed by atoms with van der Waals surface area (Å²) < 4.78 is 13.4. The number of carbonyl (C=O) groups excluding carboxylic acids is 1. The molecule has 7 heteroatoms. The number of aliphatic hydroxyl groups is 1. The third-order valence-electron chi connectivity index (χ3n) is 2.08. The molecule has 1 amide bonds. The zero-order valence-electron chi connectivity index (χ0n) is 9.09. The number of carbonyl (C=O) groups is 1. The van der Waals surface area contributed by atoms with Gasteiger partial charge in [0.1, 0.15) is 11.9 Å². The van der Waals surface area contributed by atoms with Crippen molar-refractivity contribution in [3.63, 3.8) is 0 Å². The number of hydrogen-bond acceptors (Lipinski definition) is 3. The lowest BCUT2D eigenvalue weighted by atomic mass is 10.2. The van der Waals surface area contributed by atoms with Gasteiger partial charge in [0, 0.05) is 4.91 Å². The van der Waals surface area contributed by atoms with Crippen LogP contribution in [0.1, 0.15) is 12.5 Å². The Hall–Kier alpha value is -2.11. The van der Waals surface area contributed by atoms with Gasteiger partial charge in [-0.25, -0.2) is 4.39 Å². The van der Waals surface area contributed by atoms with Gasteiger partial charge in [-0.05, 0) is 30.2 Å². The second-order valence-electron chi connectivity index (χ2n) is 3.34. The van der Waals surface area contributed by atoms with E-state index in [-0.39, 0.29) is 12.3 Å². The Bertz CT molecular complexity index is 471. The van der Waals surface area contributed by atoms with E-state index in [1.54, 1.807) is 0 Å². The molecule has 0 saturated heterocycles. The molecule has 0 aromatic heterocycles. The van der Waals surface area contributed by atoms with Gasteiger partial charge in [-0.2, -0.15) is 0 Å². The maximum absolute atomic E-state index is 13.4. The molecule has 0 radical (unpaired) electrons. The van der Waals surface area contributed by atoms with Crippen LogP contribution in [0.5, 0.6) is 0 Å². The van der Waals surface area contributed by atoms with E-state index in [4.69, 9.17) is 10.6 Å². The number of halogens is 1. The zero-order chi connectivity index (χ0) is 12.8. The normalized spacial score (nSPS) is 11.5. The molecule has 2 N–H and O–H groups in total. The molecule has 0 unspecified atom stereocenters. The van der Waals surface area contributed by atoms with E-state index in [1.165, 1.54) is 19.1 Å². The molecule has 6 nitrogen and oxygen atoms in total. The molecule has 90 valence electrons. The summed E-state index contributed by atoms with van der Waals surface area (Å²) in [5, 5.41) is 14.3. The molecule has 1 atom stereocenters. The van der Waals surface area contributed by atoms with E-state index >= 15 is 0 Å². The highest BCUT2D eigenvalue weighted by atomic mass is 19.1. The fourth-order valence-corrected chi connectivity index (χ4v) is 1.13. The summed E-state index contributed by atoms with van der Waals surface area (Å²) in [6.45, 7) is 1.12. The molecule has 0 spiro atoms. The third kappa shape index (κ3) is 3.44. The summed E-state index contributed by atoms with van der Waals surface area (Å²) in [5.41, 5.74) is 8.54. The van der Waals surface area contributed by atoms with Crippen LogP contribution in [0.25, 0.3) is 10.4 Å². The number of nitrogens with zero attached hydrogens (tertiary/aromatic N) is 3. The average Bonchev–Trinajstić information content (AvgIpc) is 2.31. The molecule has 1 rings (SSSR count). The fourth-order valence-electron chi connectivity index (χ4n) is 1.13. The van der Waals surface area contributed by atoms with Crippen LogP contribution in [0.2, 0.25) is 0 Å². The van der Waals surface area contributed by atoms with E-state index < -0.39 is 17.8 Å². The molecule has 0 aliphatic carbocycles. The number of azide groups is 1. The summed E-state index contributed by atoms with van der Waals surface area (Å²) in [6.07, 6.45) is 0. The maximum atomic E-state index is 13.4. The summed E-state index contributed by atoms with van der Waals surface area (Å²) in [6, 6.07) is 3.02. The SMILES string of the molecule is C[C@H](N=[N+]=[N-])C(=O)Nc1ccc(CO)cc1F. The molecule has 0 aliphatic rings. The number of rotatable bonds is 4. The molecule has 1 aromatic carbocycles. The molecule has 0 bridgehead atoms. The first kappa shape index (κ1) is 13.0. The van der Waals surface area contributed by atoms with Gasteiger partial charge in [-0.3, -0.25) is 4.79 Å². The molecule has 0 saturated carbocycles. The number of benzene rings is 1. The van der Waals surface area contributed by atoms with Crippen molar-refractivity contribution in [3.05, 3.63) is 40.0 Å². The van der Waals surface area contributed by atoms with Crippen molar-refractivity contribution in [2.24, 2.45) is 5.11 Å². The standard InChI is InChI=1S/C10H11FN4O2/c1-6(14-15-12)10(17)13-9-3-2-7(5-16)4-8(9)11/h2-4,6,16H,5H2,1H3,(H,13,17)/t6-/m0/s1. The first-order valence-electron chi connectivity index (χ1n) is 4.83. The lowest BCUT2D eigenvalue weighted by molar-refractivity contribution is -0.117. The van der Waals surface area contributed by atoms with Gasteiger partial charge < -0.3 is 10.4 Å². The van der Waals surface area contributed by atoms with Gasteiger partial charge in [-0.15, -0.1) is 0 Å². The monoisotopic (exact) mass is 238 g/mol. The Morgan fingerprint density at radius 2 is 2.41 bits per heavy atom. The van der Waals surface area contributed by atoms with Crippen LogP contribution in [-0.4, -0.2) is 17.1 Å². The zero-order valence-corrected chi connectivity index (χ0v) is 9.09. The van der Waals surface area contributed by atoms with Crippen molar-refractivity contribution < 1.29 is 14.3 Å². The Morgan fingerprint density at radius 3 is 2.94 bits per heavy atom. The largest absolute Gasteiger partial charge is 0.392 e. The number of anilines is 1.